The van der Waals surface area contributed by atoms with Crippen LogP contribution in [0.5, 0.6) is 0 Å². The van der Waals surface area contributed by atoms with E-state index in [1.165, 1.54) is 11.1 Å². The monoisotopic (exact) mass is 333 g/mol. The molecular weight excluding hydrogens is 314 g/mol. The van der Waals surface area contributed by atoms with Crippen LogP contribution in [0.3, 0.4) is 0 Å². The topological polar surface area (TPSA) is 12.4 Å². The molecule has 0 radical (unpaired) electrons. The highest BCUT2D eigenvalue weighted by molar-refractivity contribution is 5.93. The molecule has 1 nitrogen and oxygen atoms in total. The molecule has 0 unspecified atom stereocenters. The van der Waals surface area contributed by atoms with Crippen molar-refractivity contribution in [3.05, 3.63) is 113 Å². The maximum Gasteiger partial charge on any atom is 0.0714 e. The fourth-order valence-corrected chi connectivity index (χ4v) is 3.04. The van der Waals surface area contributed by atoms with E-state index in [1.54, 1.807) is 0 Å². The predicted molar refractivity (Wildman–Crippen MR) is 111 cm³/mol. The van der Waals surface area contributed by atoms with Crippen LogP contribution in [-0.2, 0) is 0 Å². The first-order valence-corrected chi connectivity index (χ1v) is 8.74. The molecule has 0 atom stereocenters. The van der Waals surface area contributed by atoms with E-state index in [1.807, 2.05) is 37.4 Å². The Bertz CT molecular complexity index is 1050. The van der Waals surface area contributed by atoms with E-state index in [9.17, 15) is 0 Å². The highest BCUT2D eigenvalue weighted by Crippen LogP contribution is 2.28. The van der Waals surface area contributed by atoms with Crippen molar-refractivity contribution in [3.63, 3.8) is 0 Å². The van der Waals surface area contributed by atoms with Crippen LogP contribution in [0, 0.1) is 0 Å². The minimum absolute atomic E-state index is 0.954. The first-order valence-electron chi connectivity index (χ1n) is 8.74. The molecule has 0 aliphatic carbocycles. The Kier molecular flexibility index (Phi) is 4.47. The molecule has 1 heteroatoms. The van der Waals surface area contributed by atoms with E-state index in [2.05, 4.69) is 77.5 Å². The summed E-state index contributed by atoms with van der Waals surface area (Å²) < 4.78 is 0. The van der Waals surface area contributed by atoms with Crippen molar-refractivity contribution in [1.82, 2.24) is 0 Å². The molecule has 0 bridgehead atoms. The summed E-state index contributed by atoms with van der Waals surface area (Å²) in [6.45, 7) is 2.03. The fourth-order valence-electron chi connectivity index (χ4n) is 3.04. The molecule has 1 heterocycles. The van der Waals surface area contributed by atoms with Gasteiger partial charge in [0.25, 0.3) is 0 Å². The summed E-state index contributed by atoms with van der Waals surface area (Å²) in [6, 6.07) is 29.3. The number of rotatable bonds is 3. The van der Waals surface area contributed by atoms with E-state index in [0.29, 0.717) is 0 Å². The standard InChI is InChI=1S/C25H19N/c1-19-15-24(17-25(26-18-19)21-11-6-3-7-12-21)23-14-8-13-22(16-23)20-9-4-2-5-10-20/h2-14,16-18H,1H3. The zero-order valence-corrected chi connectivity index (χ0v) is 14.7. The van der Waals surface area contributed by atoms with Crippen LogP contribution < -0.4 is 0 Å². The third-order valence-electron chi connectivity index (χ3n) is 4.36. The third-order valence-corrected chi connectivity index (χ3v) is 4.36. The second-order valence-corrected chi connectivity index (χ2v) is 6.32. The summed E-state index contributed by atoms with van der Waals surface area (Å²) in [5, 5.41) is 0. The average molecular weight is 333 g/mol. The summed E-state index contributed by atoms with van der Waals surface area (Å²) in [5.74, 6) is 0. The van der Waals surface area contributed by atoms with E-state index in [-0.39, 0.29) is 0 Å². The van der Waals surface area contributed by atoms with Gasteiger partial charge in [0, 0.05) is 22.9 Å². The molecule has 1 aliphatic rings. The molecule has 4 rings (SSSR count). The molecule has 3 aromatic rings. The lowest BCUT2D eigenvalue weighted by Crippen LogP contribution is -1.85. The largest absolute Gasteiger partial charge is 0.255 e. The highest BCUT2D eigenvalue weighted by Gasteiger charge is 2.07. The quantitative estimate of drug-likeness (QED) is 0.491. The van der Waals surface area contributed by atoms with E-state index in [0.717, 1.165) is 28.0 Å². The van der Waals surface area contributed by atoms with Crippen molar-refractivity contribution >= 4 is 17.5 Å². The van der Waals surface area contributed by atoms with E-state index < -0.39 is 0 Å². The zero-order valence-electron chi connectivity index (χ0n) is 14.7. The van der Waals surface area contributed by atoms with Gasteiger partial charge < -0.3 is 0 Å². The van der Waals surface area contributed by atoms with Crippen LogP contribution in [0.2, 0.25) is 0 Å². The summed E-state index contributed by atoms with van der Waals surface area (Å²) in [6.07, 6.45) is 4.00. The molecule has 0 amide bonds. The van der Waals surface area contributed by atoms with Crippen LogP contribution in [0.1, 0.15) is 18.1 Å². The smallest absolute Gasteiger partial charge is 0.0714 e. The maximum absolute atomic E-state index is 4.65. The minimum Gasteiger partial charge on any atom is -0.255 e. The van der Waals surface area contributed by atoms with Gasteiger partial charge in [0.15, 0.2) is 0 Å². The number of allylic oxidation sites excluding steroid dienone is 2. The second-order valence-electron chi connectivity index (χ2n) is 6.32. The van der Waals surface area contributed by atoms with Crippen molar-refractivity contribution in [2.75, 3.05) is 0 Å². The van der Waals surface area contributed by atoms with Gasteiger partial charge in [-0.25, -0.2) is 0 Å². The second kappa shape index (κ2) is 7.23. The first-order chi connectivity index (χ1) is 12.8. The third kappa shape index (κ3) is 3.49. The number of hydrogen-bond acceptors (Lipinski definition) is 1. The Balaban J connectivity index is 1.80. The van der Waals surface area contributed by atoms with Crippen LogP contribution in [0.15, 0.2) is 107 Å². The number of benzene rings is 3. The molecule has 124 valence electrons. The lowest BCUT2D eigenvalue weighted by Gasteiger charge is -2.07. The minimum atomic E-state index is 0.954. The first kappa shape index (κ1) is 16.1. The lowest BCUT2D eigenvalue weighted by molar-refractivity contribution is 1.51. The van der Waals surface area contributed by atoms with Crippen molar-refractivity contribution in [2.45, 2.75) is 6.92 Å². The van der Waals surface area contributed by atoms with E-state index in [4.69, 9.17) is 0 Å². The molecule has 1 aliphatic heterocycles. The maximum atomic E-state index is 4.65. The molecule has 26 heavy (non-hydrogen) atoms. The lowest BCUT2D eigenvalue weighted by atomic mass is 9.98. The van der Waals surface area contributed by atoms with Crippen LogP contribution in [0.4, 0.5) is 0 Å². The summed E-state index contributed by atoms with van der Waals surface area (Å²) in [7, 11) is 0. The van der Waals surface area contributed by atoms with Gasteiger partial charge in [0.1, 0.15) is 0 Å². The van der Waals surface area contributed by atoms with Gasteiger partial charge in [-0.1, -0.05) is 78.9 Å². The Labute approximate surface area is 154 Å². The summed E-state index contributed by atoms with van der Waals surface area (Å²) in [5.41, 5.74) is 11.2. The van der Waals surface area contributed by atoms with Gasteiger partial charge in [0.05, 0.1) is 5.70 Å². The molecule has 0 saturated carbocycles. The molecule has 0 spiro atoms. The molecular formula is C25H19N. The molecule has 0 N–H and O–H groups in total. The van der Waals surface area contributed by atoms with Crippen molar-refractivity contribution < 1.29 is 0 Å². The Morgan fingerprint density at radius 2 is 1.27 bits per heavy atom. The molecule has 0 fully saturated rings. The number of aliphatic imine (C=N–C) groups is 1. The van der Waals surface area contributed by atoms with Crippen LogP contribution >= 0.6 is 0 Å². The average Bonchev–Trinajstić information content (AvgIpc) is 2.91. The SMILES string of the molecule is CC1=C=C(c2cccc(-c3ccccc3)c2)C=C(c2ccccc2)N=C1. The van der Waals surface area contributed by atoms with Gasteiger partial charge in [-0.05, 0) is 35.8 Å². The van der Waals surface area contributed by atoms with Crippen molar-refractivity contribution in [3.8, 4) is 11.1 Å². The van der Waals surface area contributed by atoms with Gasteiger partial charge in [-0.3, -0.25) is 4.99 Å². The van der Waals surface area contributed by atoms with Gasteiger partial charge in [0.2, 0.25) is 0 Å². The predicted octanol–water partition coefficient (Wildman–Crippen LogP) is 6.41. The summed E-state index contributed by atoms with van der Waals surface area (Å²) in [4.78, 5) is 4.65. The van der Waals surface area contributed by atoms with Gasteiger partial charge >= 0.3 is 0 Å². The normalized spacial score (nSPS) is 13.5. The number of nitrogens with zero attached hydrogens (tertiary/aromatic N) is 1. The Morgan fingerprint density at radius 3 is 2.00 bits per heavy atom. The zero-order chi connectivity index (χ0) is 17.8. The molecule has 3 aromatic carbocycles. The molecule has 0 saturated heterocycles. The Morgan fingerprint density at radius 1 is 0.654 bits per heavy atom. The summed E-state index contributed by atoms with van der Waals surface area (Å²) >= 11 is 0. The fraction of sp³-hybridized carbons (Fsp3) is 0.0400. The molecule has 0 aromatic heterocycles. The van der Waals surface area contributed by atoms with Crippen molar-refractivity contribution in [1.29, 1.82) is 0 Å². The van der Waals surface area contributed by atoms with E-state index >= 15 is 0 Å². The van der Waals surface area contributed by atoms with Crippen LogP contribution in [-0.4, -0.2) is 6.21 Å². The number of hydrogen-bond donors (Lipinski definition) is 0. The van der Waals surface area contributed by atoms with Gasteiger partial charge in [-0.15, -0.1) is 5.73 Å². The Hall–Kier alpha value is -3.41. The van der Waals surface area contributed by atoms with Crippen LogP contribution in [0.25, 0.3) is 22.4 Å². The highest BCUT2D eigenvalue weighted by atomic mass is 14.7. The van der Waals surface area contributed by atoms with Gasteiger partial charge in [-0.2, -0.15) is 0 Å². The van der Waals surface area contributed by atoms with Crippen molar-refractivity contribution in [2.24, 2.45) is 4.99 Å².